The average molecular weight is 342 g/mol. The summed E-state index contributed by atoms with van der Waals surface area (Å²) in [5, 5.41) is 11.1. The van der Waals surface area contributed by atoms with E-state index >= 15 is 0 Å². The average Bonchev–Trinajstić information content (AvgIpc) is 2.95. The molecule has 0 radical (unpaired) electrons. The second-order valence-electron chi connectivity index (χ2n) is 5.73. The maximum atomic E-state index is 12.5. The summed E-state index contributed by atoms with van der Waals surface area (Å²) in [7, 11) is 3.14. The SMILES string of the molecule is COc1ccc(CCN2Cc3c(cccc3[N+](=O)[O-])C2=O)cc1OC. The molecule has 2 aromatic rings. The molecule has 0 saturated carbocycles. The molecule has 25 heavy (non-hydrogen) atoms. The molecule has 1 aliphatic heterocycles. The van der Waals surface area contributed by atoms with Gasteiger partial charge in [0.15, 0.2) is 11.5 Å². The van der Waals surface area contributed by atoms with E-state index in [1.54, 1.807) is 31.3 Å². The molecular weight excluding hydrogens is 324 g/mol. The molecule has 0 atom stereocenters. The van der Waals surface area contributed by atoms with Crippen molar-refractivity contribution in [3.8, 4) is 11.5 Å². The summed E-state index contributed by atoms with van der Waals surface area (Å²) in [6.07, 6.45) is 0.619. The predicted molar refractivity (Wildman–Crippen MR) is 91.1 cm³/mol. The van der Waals surface area contributed by atoms with Crippen LogP contribution in [0.5, 0.6) is 11.5 Å². The van der Waals surface area contributed by atoms with Gasteiger partial charge in [0.1, 0.15) is 0 Å². The van der Waals surface area contributed by atoms with E-state index in [2.05, 4.69) is 0 Å². The van der Waals surface area contributed by atoms with Crippen molar-refractivity contribution in [1.82, 2.24) is 4.90 Å². The van der Waals surface area contributed by atoms with Crippen molar-refractivity contribution in [2.75, 3.05) is 20.8 Å². The Labute approximate surface area is 144 Å². The van der Waals surface area contributed by atoms with E-state index in [4.69, 9.17) is 9.47 Å². The van der Waals surface area contributed by atoms with E-state index in [9.17, 15) is 14.9 Å². The molecule has 1 aliphatic rings. The number of nitro groups is 1. The quantitative estimate of drug-likeness (QED) is 0.595. The first-order valence-electron chi connectivity index (χ1n) is 7.81. The fraction of sp³-hybridized carbons (Fsp3) is 0.278. The van der Waals surface area contributed by atoms with Crippen LogP contribution in [-0.4, -0.2) is 36.5 Å². The molecule has 3 rings (SSSR count). The highest BCUT2D eigenvalue weighted by Crippen LogP contribution is 2.31. The number of carbonyl (C=O) groups is 1. The standard InChI is InChI=1S/C18H18N2O5/c1-24-16-7-6-12(10-17(16)25-2)8-9-19-11-14-13(18(19)21)4-3-5-15(14)20(22)23/h3-7,10H,8-9,11H2,1-2H3. The smallest absolute Gasteiger partial charge is 0.275 e. The van der Waals surface area contributed by atoms with E-state index in [1.807, 2.05) is 18.2 Å². The summed E-state index contributed by atoms with van der Waals surface area (Å²) >= 11 is 0. The van der Waals surface area contributed by atoms with Gasteiger partial charge in [0.25, 0.3) is 11.6 Å². The summed E-state index contributed by atoms with van der Waals surface area (Å²) in [5.74, 6) is 1.11. The Morgan fingerprint density at radius 1 is 1.16 bits per heavy atom. The number of nitro benzene ring substituents is 1. The Morgan fingerprint density at radius 2 is 1.92 bits per heavy atom. The first-order valence-corrected chi connectivity index (χ1v) is 7.81. The Kier molecular flexibility index (Phi) is 4.56. The van der Waals surface area contributed by atoms with Gasteiger partial charge in [-0.25, -0.2) is 0 Å². The number of hydrogen-bond donors (Lipinski definition) is 0. The zero-order valence-electron chi connectivity index (χ0n) is 14.0. The second kappa shape index (κ2) is 6.80. The summed E-state index contributed by atoms with van der Waals surface area (Å²) in [4.78, 5) is 24.8. The lowest BCUT2D eigenvalue weighted by Crippen LogP contribution is -2.26. The number of amides is 1. The lowest BCUT2D eigenvalue weighted by Gasteiger charge is -2.16. The van der Waals surface area contributed by atoms with Gasteiger partial charge in [-0.05, 0) is 30.2 Å². The first kappa shape index (κ1) is 16.8. The molecule has 1 heterocycles. The van der Waals surface area contributed by atoms with Crippen molar-refractivity contribution < 1.29 is 19.2 Å². The van der Waals surface area contributed by atoms with Crippen LogP contribution in [0.4, 0.5) is 5.69 Å². The third-order valence-corrected chi connectivity index (χ3v) is 4.33. The second-order valence-corrected chi connectivity index (χ2v) is 5.73. The predicted octanol–water partition coefficient (Wildman–Crippen LogP) is 2.81. The number of methoxy groups -OCH3 is 2. The van der Waals surface area contributed by atoms with E-state index in [0.29, 0.717) is 35.6 Å². The molecule has 0 aliphatic carbocycles. The molecule has 2 aromatic carbocycles. The number of rotatable bonds is 6. The minimum Gasteiger partial charge on any atom is -0.493 e. The van der Waals surface area contributed by atoms with Gasteiger partial charge in [0.2, 0.25) is 0 Å². The van der Waals surface area contributed by atoms with Gasteiger partial charge in [-0.2, -0.15) is 0 Å². The van der Waals surface area contributed by atoms with Gasteiger partial charge >= 0.3 is 0 Å². The molecule has 130 valence electrons. The maximum Gasteiger partial charge on any atom is 0.275 e. The number of carbonyl (C=O) groups excluding carboxylic acids is 1. The normalized spacial score (nSPS) is 12.9. The van der Waals surface area contributed by atoms with Crippen LogP contribution in [0.15, 0.2) is 36.4 Å². The Morgan fingerprint density at radius 3 is 2.60 bits per heavy atom. The number of fused-ring (bicyclic) bond motifs is 1. The molecule has 1 amide bonds. The molecular formula is C18H18N2O5. The fourth-order valence-electron chi connectivity index (χ4n) is 3.03. The van der Waals surface area contributed by atoms with Crippen LogP contribution in [0.1, 0.15) is 21.5 Å². The minimum absolute atomic E-state index is 0.000494. The molecule has 0 spiro atoms. The number of hydrogen-bond acceptors (Lipinski definition) is 5. The Bertz CT molecular complexity index is 834. The molecule has 0 unspecified atom stereocenters. The summed E-state index contributed by atoms with van der Waals surface area (Å²) in [5.41, 5.74) is 1.90. The number of benzene rings is 2. The minimum atomic E-state index is -0.441. The zero-order valence-corrected chi connectivity index (χ0v) is 14.0. The Hall–Kier alpha value is -3.09. The third-order valence-electron chi connectivity index (χ3n) is 4.33. The lowest BCUT2D eigenvalue weighted by atomic mass is 10.1. The molecule has 0 fully saturated rings. The van der Waals surface area contributed by atoms with Crippen molar-refractivity contribution in [2.24, 2.45) is 0 Å². The van der Waals surface area contributed by atoms with E-state index in [1.165, 1.54) is 6.07 Å². The van der Waals surface area contributed by atoms with Crippen LogP contribution in [0, 0.1) is 10.1 Å². The highest BCUT2D eigenvalue weighted by atomic mass is 16.6. The molecule has 0 aromatic heterocycles. The summed E-state index contributed by atoms with van der Waals surface area (Å²) in [6, 6.07) is 10.2. The number of nitrogens with zero attached hydrogens (tertiary/aromatic N) is 2. The van der Waals surface area contributed by atoms with E-state index in [-0.39, 0.29) is 18.1 Å². The van der Waals surface area contributed by atoms with Crippen LogP contribution in [0.2, 0.25) is 0 Å². The van der Waals surface area contributed by atoms with Crippen molar-refractivity contribution in [1.29, 1.82) is 0 Å². The van der Waals surface area contributed by atoms with Gasteiger partial charge in [0, 0.05) is 12.6 Å². The van der Waals surface area contributed by atoms with Gasteiger partial charge < -0.3 is 14.4 Å². The molecule has 0 saturated heterocycles. The van der Waals surface area contributed by atoms with Crippen molar-refractivity contribution >= 4 is 11.6 Å². The van der Waals surface area contributed by atoms with Crippen LogP contribution >= 0.6 is 0 Å². The van der Waals surface area contributed by atoms with Crippen molar-refractivity contribution in [3.05, 3.63) is 63.2 Å². The first-order chi connectivity index (χ1) is 12.0. The highest BCUT2D eigenvalue weighted by molar-refractivity contribution is 5.99. The number of ether oxygens (including phenoxy) is 2. The molecule has 0 bridgehead atoms. The van der Waals surface area contributed by atoms with Crippen LogP contribution in [-0.2, 0) is 13.0 Å². The van der Waals surface area contributed by atoms with Crippen molar-refractivity contribution in [3.63, 3.8) is 0 Å². The van der Waals surface area contributed by atoms with Crippen LogP contribution in [0.25, 0.3) is 0 Å². The summed E-state index contributed by atoms with van der Waals surface area (Å²) in [6.45, 7) is 0.735. The third kappa shape index (κ3) is 3.13. The molecule has 7 heteroatoms. The monoisotopic (exact) mass is 342 g/mol. The molecule has 0 N–H and O–H groups in total. The Balaban J connectivity index is 1.74. The summed E-state index contributed by atoms with van der Waals surface area (Å²) < 4.78 is 10.5. The van der Waals surface area contributed by atoms with Crippen LogP contribution < -0.4 is 9.47 Å². The lowest BCUT2D eigenvalue weighted by molar-refractivity contribution is -0.385. The van der Waals surface area contributed by atoms with E-state index < -0.39 is 4.92 Å². The fourth-order valence-corrected chi connectivity index (χ4v) is 3.03. The highest BCUT2D eigenvalue weighted by Gasteiger charge is 2.32. The topological polar surface area (TPSA) is 81.9 Å². The largest absolute Gasteiger partial charge is 0.493 e. The van der Waals surface area contributed by atoms with Gasteiger partial charge in [-0.3, -0.25) is 14.9 Å². The maximum absolute atomic E-state index is 12.5. The zero-order chi connectivity index (χ0) is 18.0. The van der Waals surface area contributed by atoms with Gasteiger partial charge in [0.05, 0.1) is 36.8 Å². The van der Waals surface area contributed by atoms with Crippen molar-refractivity contribution in [2.45, 2.75) is 13.0 Å². The van der Waals surface area contributed by atoms with Crippen LogP contribution in [0.3, 0.4) is 0 Å². The van der Waals surface area contributed by atoms with Gasteiger partial charge in [-0.15, -0.1) is 0 Å². The van der Waals surface area contributed by atoms with E-state index in [0.717, 1.165) is 5.56 Å². The van der Waals surface area contributed by atoms with Gasteiger partial charge in [-0.1, -0.05) is 12.1 Å². The molecule has 7 nitrogen and oxygen atoms in total.